The minimum atomic E-state index is 0.249. The summed E-state index contributed by atoms with van der Waals surface area (Å²) in [5.74, 6) is 0.249. The summed E-state index contributed by atoms with van der Waals surface area (Å²) in [5.41, 5.74) is 5.37. The summed E-state index contributed by atoms with van der Waals surface area (Å²) in [5, 5.41) is 14.5. The Labute approximate surface area is 89.3 Å². The van der Waals surface area contributed by atoms with Gasteiger partial charge in [0, 0.05) is 11.3 Å². The molecule has 0 aromatic carbocycles. The highest BCUT2D eigenvalue weighted by Crippen LogP contribution is 2.39. The van der Waals surface area contributed by atoms with Gasteiger partial charge in [0.25, 0.3) is 0 Å². The molecule has 1 saturated carbocycles. The Morgan fingerprint density at radius 1 is 1.57 bits per heavy atom. The lowest BCUT2D eigenvalue weighted by Gasteiger charge is -2.26. The molecule has 0 heterocycles. The number of amidine groups is 1. The van der Waals surface area contributed by atoms with Crippen molar-refractivity contribution in [2.75, 3.05) is 19.3 Å². The molecule has 0 aromatic rings. The second-order valence-electron chi connectivity index (χ2n) is 3.79. The molecule has 0 amide bonds. The van der Waals surface area contributed by atoms with Crippen molar-refractivity contribution in [3.05, 3.63) is 0 Å². The molecule has 0 unspecified atom stereocenters. The van der Waals surface area contributed by atoms with Crippen LogP contribution in [0.1, 0.15) is 25.7 Å². The topological polar surface area (TPSA) is 70.6 Å². The van der Waals surface area contributed by atoms with Crippen molar-refractivity contribution in [1.29, 1.82) is 0 Å². The third-order valence-corrected chi connectivity index (χ3v) is 4.25. The lowest BCUT2D eigenvalue weighted by atomic mass is 10.1. The largest absolute Gasteiger partial charge is 0.409 e. The van der Waals surface area contributed by atoms with Gasteiger partial charge in [-0.05, 0) is 19.1 Å². The number of nitrogens with one attached hydrogen (secondary N) is 1. The molecule has 0 spiro atoms. The fourth-order valence-electron chi connectivity index (χ4n) is 1.93. The molecule has 5 heteroatoms. The zero-order valence-electron chi connectivity index (χ0n) is 8.62. The Kier molecular flexibility index (Phi) is 4.54. The number of oxime groups is 1. The average molecular weight is 217 g/mol. The van der Waals surface area contributed by atoms with Crippen LogP contribution in [0.15, 0.2) is 5.16 Å². The average Bonchev–Trinajstić information content (AvgIpc) is 2.67. The van der Waals surface area contributed by atoms with E-state index in [0.29, 0.717) is 11.3 Å². The van der Waals surface area contributed by atoms with Crippen molar-refractivity contribution in [2.24, 2.45) is 10.9 Å². The number of thioether (sulfide) groups is 1. The van der Waals surface area contributed by atoms with Gasteiger partial charge in [-0.1, -0.05) is 18.0 Å². The van der Waals surface area contributed by atoms with Crippen LogP contribution in [0.3, 0.4) is 0 Å². The van der Waals surface area contributed by atoms with Crippen LogP contribution in [0.2, 0.25) is 0 Å². The molecule has 0 atom stereocenters. The van der Waals surface area contributed by atoms with Gasteiger partial charge in [0.1, 0.15) is 0 Å². The first-order valence-corrected chi connectivity index (χ1v) is 6.17. The fourth-order valence-corrected chi connectivity index (χ4v) is 2.87. The minimum absolute atomic E-state index is 0.249. The highest BCUT2D eigenvalue weighted by Gasteiger charge is 2.32. The first kappa shape index (κ1) is 11.7. The Morgan fingerprint density at radius 3 is 2.71 bits per heavy atom. The molecular weight excluding hydrogens is 198 g/mol. The second-order valence-corrected chi connectivity index (χ2v) is 5.06. The molecule has 0 aromatic heterocycles. The summed E-state index contributed by atoms with van der Waals surface area (Å²) >= 11 is 1.93. The van der Waals surface area contributed by atoms with Gasteiger partial charge in [-0.25, -0.2) is 0 Å². The number of hydrogen-bond acceptors (Lipinski definition) is 4. The Bertz CT molecular complexity index is 202. The number of nitrogens with two attached hydrogens (primary N) is 1. The fraction of sp³-hybridized carbons (Fsp3) is 0.889. The van der Waals surface area contributed by atoms with Crippen LogP contribution < -0.4 is 11.1 Å². The van der Waals surface area contributed by atoms with Crippen LogP contribution in [-0.4, -0.2) is 35.1 Å². The summed E-state index contributed by atoms with van der Waals surface area (Å²) in [6.45, 7) is 1.42. The van der Waals surface area contributed by atoms with Crippen molar-refractivity contribution in [1.82, 2.24) is 5.32 Å². The van der Waals surface area contributed by atoms with Crippen LogP contribution in [0.25, 0.3) is 0 Å². The zero-order chi connectivity index (χ0) is 10.4. The van der Waals surface area contributed by atoms with Gasteiger partial charge >= 0.3 is 0 Å². The van der Waals surface area contributed by atoms with E-state index in [-0.39, 0.29) is 5.84 Å². The van der Waals surface area contributed by atoms with Crippen molar-refractivity contribution in [2.45, 2.75) is 30.4 Å². The normalized spacial score (nSPS) is 21.4. The summed E-state index contributed by atoms with van der Waals surface area (Å²) < 4.78 is 0.385. The highest BCUT2D eigenvalue weighted by atomic mass is 32.2. The molecule has 1 aliphatic rings. The molecule has 1 rings (SSSR count). The van der Waals surface area contributed by atoms with Gasteiger partial charge in [-0.3, -0.25) is 0 Å². The van der Waals surface area contributed by atoms with Gasteiger partial charge in [0.15, 0.2) is 5.84 Å². The molecule has 14 heavy (non-hydrogen) atoms. The lowest BCUT2D eigenvalue weighted by Crippen LogP contribution is -2.39. The molecule has 1 fully saturated rings. The second kappa shape index (κ2) is 5.46. The number of rotatable bonds is 5. The van der Waals surface area contributed by atoms with Gasteiger partial charge in [-0.15, -0.1) is 0 Å². The van der Waals surface area contributed by atoms with Gasteiger partial charge in [0.05, 0.1) is 6.54 Å². The molecule has 0 radical (unpaired) electrons. The van der Waals surface area contributed by atoms with E-state index in [1.807, 2.05) is 11.8 Å². The Morgan fingerprint density at radius 2 is 2.21 bits per heavy atom. The summed E-state index contributed by atoms with van der Waals surface area (Å²) in [6, 6.07) is 0. The summed E-state index contributed by atoms with van der Waals surface area (Å²) in [4.78, 5) is 0. The van der Waals surface area contributed by atoms with Crippen LogP contribution in [-0.2, 0) is 0 Å². The lowest BCUT2D eigenvalue weighted by molar-refractivity contribution is 0.317. The van der Waals surface area contributed by atoms with Crippen molar-refractivity contribution >= 4 is 17.6 Å². The first-order valence-electron chi connectivity index (χ1n) is 4.95. The van der Waals surface area contributed by atoms with Crippen molar-refractivity contribution < 1.29 is 5.21 Å². The highest BCUT2D eigenvalue weighted by molar-refractivity contribution is 8.00. The number of nitrogens with zero attached hydrogens (tertiary/aromatic N) is 1. The third-order valence-electron chi connectivity index (χ3n) is 2.83. The van der Waals surface area contributed by atoms with E-state index >= 15 is 0 Å². The van der Waals surface area contributed by atoms with Crippen LogP contribution >= 0.6 is 11.8 Å². The van der Waals surface area contributed by atoms with E-state index < -0.39 is 0 Å². The SMILES string of the molecule is CSC1(CNCC(N)=NO)CCCC1. The molecule has 0 bridgehead atoms. The smallest absolute Gasteiger partial charge is 0.153 e. The first-order chi connectivity index (χ1) is 6.72. The molecule has 4 nitrogen and oxygen atoms in total. The van der Waals surface area contributed by atoms with Crippen LogP contribution in [0.4, 0.5) is 0 Å². The molecule has 0 aliphatic heterocycles. The standard InChI is InChI=1S/C9H19N3OS/c1-14-9(4-2-3-5-9)7-11-6-8(10)12-13/h11,13H,2-7H2,1H3,(H2,10,12). The summed E-state index contributed by atoms with van der Waals surface area (Å²) in [6.07, 6.45) is 7.36. The minimum Gasteiger partial charge on any atom is -0.409 e. The van der Waals surface area contributed by atoms with E-state index in [0.717, 1.165) is 6.54 Å². The van der Waals surface area contributed by atoms with Crippen molar-refractivity contribution in [3.8, 4) is 0 Å². The predicted molar refractivity (Wildman–Crippen MR) is 61.0 cm³/mol. The van der Waals surface area contributed by atoms with Gasteiger partial charge < -0.3 is 16.3 Å². The van der Waals surface area contributed by atoms with E-state index in [1.54, 1.807) is 0 Å². The van der Waals surface area contributed by atoms with E-state index in [2.05, 4.69) is 16.7 Å². The van der Waals surface area contributed by atoms with Crippen LogP contribution in [0, 0.1) is 0 Å². The Balaban J connectivity index is 2.28. The zero-order valence-corrected chi connectivity index (χ0v) is 9.44. The summed E-state index contributed by atoms with van der Waals surface area (Å²) in [7, 11) is 0. The quantitative estimate of drug-likeness (QED) is 0.278. The molecule has 4 N–H and O–H groups in total. The van der Waals surface area contributed by atoms with Gasteiger partial charge in [0.2, 0.25) is 0 Å². The molecule has 0 saturated heterocycles. The van der Waals surface area contributed by atoms with E-state index in [4.69, 9.17) is 10.9 Å². The van der Waals surface area contributed by atoms with E-state index in [9.17, 15) is 0 Å². The molecular formula is C9H19N3OS. The maximum Gasteiger partial charge on any atom is 0.153 e. The monoisotopic (exact) mass is 217 g/mol. The van der Waals surface area contributed by atoms with Crippen molar-refractivity contribution in [3.63, 3.8) is 0 Å². The maximum absolute atomic E-state index is 8.37. The molecule has 1 aliphatic carbocycles. The van der Waals surface area contributed by atoms with Crippen LogP contribution in [0.5, 0.6) is 0 Å². The maximum atomic E-state index is 8.37. The Hall–Kier alpha value is -0.420. The molecule has 82 valence electrons. The third kappa shape index (κ3) is 3.06. The van der Waals surface area contributed by atoms with E-state index in [1.165, 1.54) is 25.7 Å². The predicted octanol–water partition coefficient (Wildman–Crippen LogP) is 0.998. The number of hydrogen-bond donors (Lipinski definition) is 3. The van der Waals surface area contributed by atoms with Gasteiger partial charge in [-0.2, -0.15) is 11.8 Å².